The molecule has 2 aliphatic rings. The van der Waals surface area contributed by atoms with Crippen molar-refractivity contribution in [3.05, 3.63) is 12.1 Å². The highest BCUT2D eigenvalue weighted by Gasteiger charge is 2.38. The van der Waals surface area contributed by atoms with Crippen LogP contribution in [0, 0.1) is 5.92 Å². The van der Waals surface area contributed by atoms with E-state index in [2.05, 4.69) is 5.32 Å². The first-order chi connectivity index (χ1) is 13.5. The fraction of sp³-hybridized carbons (Fsp3) is 0.600. The largest absolute Gasteiger partial charge is 0.493 e. The van der Waals surface area contributed by atoms with E-state index in [1.807, 2.05) is 11.9 Å². The fourth-order valence-corrected chi connectivity index (χ4v) is 3.99. The summed E-state index contributed by atoms with van der Waals surface area (Å²) in [5.41, 5.74) is 0.642. The maximum Gasteiger partial charge on any atom is 0.228 e. The molecule has 8 nitrogen and oxygen atoms in total. The van der Waals surface area contributed by atoms with E-state index in [0.29, 0.717) is 35.5 Å². The second-order valence-corrected chi connectivity index (χ2v) is 7.18. The molecular weight excluding hydrogens is 362 g/mol. The number of nitrogens with zero attached hydrogens (tertiary/aromatic N) is 2. The average Bonchev–Trinajstić information content (AvgIpc) is 3.13. The Labute approximate surface area is 165 Å². The summed E-state index contributed by atoms with van der Waals surface area (Å²) in [5.74, 6) is 1.11. The Bertz CT molecular complexity index is 706. The predicted octanol–water partition coefficient (Wildman–Crippen LogP) is 1.28. The standard InChI is InChI=1S/C20H29N3O5/c1-21-14-5-7-22(8-6-14)20(25)13-9-18(24)23(12-13)15-10-16(26-2)19(28-4)17(11-15)27-3/h10-11,13-14,21H,5-9,12H2,1-4H3. The molecule has 2 amide bonds. The van der Waals surface area contributed by atoms with Gasteiger partial charge in [-0.1, -0.05) is 0 Å². The molecule has 154 valence electrons. The van der Waals surface area contributed by atoms with Crippen molar-refractivity contribution in [3.8, 4) is 17.2 Å². The lowest BCUT2D eigenvalue weighted by Gasteiger charge is -2.33. The minimum atomic E-state index is -0.322. The van der Waals surface area contributed by atoms with E-state index < -0.39 is 0 Å². The molecule has 1 aromatic carbocycles. The molecule has 0 aliphatic carbocycles. The number of benzene rings is 1. The molecule has 2 heterocycles. The van der Waals surface area contributed by atoms with Gasteiger partial charge in [0.05, 0.1) is 32.9 Å². The number of hydrogen-bond donors (Lipinski definition) is 1. The van der Waals surface area contributed by atoms with Gasteiger partial charge in [-0.25, -0.2) is 0 Å². The number of carbonyl (C=O) groups excluding carboxylic acids is 2. The molecule has 1 unspecified atom stereocenters. The van der Waals surface area contributed by atoms with Crippen LogP contribution in [0.15, 0.2) is 12.1 Å². The van der Waals surface area contributed by atoms with Crippen molar-refractivity contribution in [1.82, 2.24) is 10.2 Å². The monoisotopic (exact) mass is 391 g/mol. The Morgan fingerprint density at radius 1 is 1.07 bits per heavy atom. The van der Waals surface area contributed by atoms with Gasteiger partial charge in [-0.3, -0.25) is 9.59 Å². The molecule has 8 heteroatoms. The highest BCUT2D eigenvalue weighted by molar-refractivity contribution is 6.00. The molecular formula is C20H29N3O5. The summed E-state index contributed by atoms with van der Waals surface area (Å²) in [5, 5.41) is 3.27. The molecule has 0 spiro atoms. The van der Waals surface area contributed by atoms with Crippen LogP contribution >= 0.6 is 0 Å². The first kappa shape index (κ1) is 20.3. The minimum Gasteiger partial charge on any atom is -0.493 e. The van der Waals surface area contributed by atoms with Crippen molar-refractivity contribution in [2.24, 2.45) is 5.92 Å². The molecule has 0 saturated carbocycles. The first-order valence-electron chi connectivity index (χ1n) is 9.58. The van der Waals surface area contributed by atoms with Crippen LogP contribution in [-0.4, -0.2) is 70.8 Å². The maximum atomic E-state index is 12.9. The number of likely N-dealkylation sites (tertiary alicyclic amines) is 1. The van der Waals surface area contributed by atoms with E-state index in [1.54, 1.807) is 17.0 Å². The predicted molar refractivity (Wildman–Crippen MR) is 105 cm³/mol. The van der Waals surface area contributed by atoms with Gasteiger partial charge in [0.25, 0.3) is 0 Å². The SMILES string of the molecule is CNC1CCN(C(=O)C2CC(=O)N(c3cc(OC)c(OC)c(OC)c3)C2)CC1. The third kappa shape index (κ3) is 3.87. The van der Waals surface area contributed by atoms with Gasteiger partial charge in [0.1, 0.15) is 0 Å². The number of nitrogens with one attached hydrogen (secondary N) is 1. The lowest BCUT2D eigenvalue weighted by atomic mass is 10.0. The Morgan fingerprint density at radius 3 is 2.18 bits per heavy atom. The Balaban J connectivity index is 1.75. The van der Waals surface area contributed by atoms with Crippen LogP contribution in [0.4, 0.5) is 5.69 Å². The number of carbonyl (C=O) groups is 2. The Kier molecular flexibility index (Phi) is 6.28. The van der Waals surface area contributed by atoms with Gasteiger partial charge in [0.15, 0.2) is 11.5 Å². The Hall–Kier alpha value is -2.48. The van der Waals surface area contributed by atoms with Crippen LogP contribution in [0.2, 0.25) is 0 Å². The van der Waals surface area contributed by atoms with Crippen LogP contribution in [0.25, 0.3) is 0 Å². The summed E-state index contributed by atoms with van der Waals surface area (Å²) in [4.78, 5) is 29.1. The summed E-state index contributed by atoms with van der Waals surface area (Å²) >= 11 is 0. The minimum absolute atomic E-state index is 0.0674. The van der Waals surface area contributed by atoms with Crippen molar-refractivity contribution in [2.45, 2.75) is 25.3 Å². The second kappa shape index (κ2) is 8.68. The summed E-state index contributed by atoms with van der Waals surface area (Å²) in [7, 11) is 6.56. The summed E-state index contributed by atoms with van der Waals surface area (Å²) in [6.07, 6.45) is 2.11. The van der Waals surface area contributed by atoms with E-state index in [-0.39, 0.29) is 24.2 Å². The van der Waals surface area contributed by atoms with E-state index in [9.17, 15) is 9.59 Å². The van der Waals surface area contributed by atoms with E-state index in [0.717, 1.165) is 25.9 Å². The van der Waals surface area contributed by atoms with Gasteiger partial charge < -0.3 is 29.3 Å². The highest BCUT2D eigenvalue weighted by atomic mass is 16.5. The van der Waals surface area contributed by atoms with E-state index >= 15 is 0 Å². The van der Waals surface area contributed by atoms with Gasteiger partial charge in [-0.2, -0.15) is 0 Å². The molecule has 28 heavy (non-hydrogen) atoms. The zero-order valence-corrected chi connectivity index (χ0v) is 17.0. The second-order valence-electron chi connectivity index (χ2n) is 7.18. The van der Waals surface area contributed by atoms with E-state index in [4.69, 9.17) is 14.2 Å². The summed E-state index contributed by atoms with van der Waals surface area (Å²) in [6.45, 7) is 1.83. The number of rotatable bonds is 6. The van der Waals surface area contributed by atoms with Crippen LogP contribution in [0.3, 0.4) is 0 Å². The number of hydrogen-bond acceptors (Lipinski definition) is 6. The van der Waals surface area contributed by atoms with Gasteiger partial charge in [0, 0.05) is 44.2 Å². The van der Waals surface area contributed by atoms with Crippen molar-refractivity contribution in [1.29, 1.82) is 0 Å². The fourth-order valence-electron chi connectivity index (χ4n) is 3.99. The van der Waals surface area contributed by atoms with E-state index in [1.165, 1.54) is 21.3 Å². The number of amides is 2. The molecule has 1 atom stereocenters. The van der Waals surface area contributed by atoms with Crippen molar-refractivity contribution in [3.63, 3.8) is 0 Å². The van der Waals surface area contributed by atoms with Crippen molar-refractivity contribution < 1.29 is 23.8 Å². The van der Waals surface area contributed by atoms with Gasteiger partial charge in [-0.05, 0) is 19.9 Å². The summed E-state index contributed by atoms with van der Waals surface area (Å²) in [6, 6.07) is 3.94. The average molecular weight is 391 g/mol. The van der Waals surface area contributed by atoms with Crippen molar-refractivity contribution in [2.75, 3.05) is 52.9 Å². The number of piperidine rings is 1. The number of methoxy groups -OCH3 is 3. The maximum absolute atomic E-state index is 12.9. The van der Waals surface area contributed by atoms with Gasteiger partial charge >= 0.3 is 0 Å². The topological polar surface area (TPSA) is 80.3 Å². The molecule has 2 aliphatic heterocycles. The van der Waals surface area contributed by atoms with Crippen molar-refractivity contribution >= 4 is 17.5 Å². The third-order valence-electron chi connectivity index (χ3n) is 5.65. The molecule has 0 radical (unpaired) electrons. The molecule has 0 aromatic heterocycles. The quantitative estimate of drug-likeness (QED) is 0.787. The Morgan fingerprint density at radius 2 is 1.68 bits per heavy atom. The lowest BCUT2D eigenvalue weighted by molar-refractivity contribution is -0.136. The van der Waals surface area contributed by atoms with Gasteiger partial charge in [0.2, 0.25) is 17.6 Å². The van der Waals surface area contributed by atoms with Crippen LogP contribution in [0.5, 0.6) is 17.2 Å². The smallest absolute Gasteiger partial charge is 0.228 e. The lowest BCUT2D eigenvalue weighted by Crippen LogP contribution is -2.46. The van der Waals surface area contributed by atoms with Crippen LogP contribution in [-0.2, 0) is 9.59 Å². The van der Waals surface area contributed by atoms with Crippen LogP contribution in [0.1, 0.15) is 19.3 Å². The third-order valence-corrected chi connectivity index (χ3v) is 5.65. The zero-order chi connectivity index (χ0) is 20.3. The number of anilines is 1. The molecule has 1 N–H and O–H groups in total. The van der Waals surface area contributed by atoms with Gasteiger partial charge in [-0.15, -0.1) is 0 Å². The molecule has 3 rings (SSSR count). The first-order valence-corrected chi connectivity index (χ1v) is 9.58. The van der Waals surface area contributed by atoms with Crippen LogP contribution < -0.4 is 24.4 Å². The molecule has 2 fully saturated rings. The summed E-state index contributed by atoms with van der Waals surface area (Å²) < 4.78 is 16.1. The molecule has 1 aromatic rings. The zero-order valence-electron chi connectivity index (χ0n) is 17.0. The molecule has 2 saturated heterocycles. The molecule has 0 bridgehead atoms. The normalized spacial score (nSPS) is 20.4. The highest BCUT2D eigenvalue weighted by Crippen LogP contribution is 2.42. The number of ether oxygens (including phenoxy) is 3.